The molecule has 1 N–H and O–H groups in total. The van der Waals surface area contributed by atoms with E-state index in [4.69, 9.17) is 4.52 Å². The van der Waals surface area contributed by atoms with Crippen LogP contribution in [0.3, 0.4) is 0 Å². The van der Waals surface area contributed by atoms with Crippen molar-refractivity contribution in [2.75, 3.05) is 19.7 Å². The van der Waals surface area contributed by atoms with Crippen LogP contribution in [0.4, 0.5) is 0 Å². The Kier molecular flexibility index (Phi) is 4.41. The molecule has 1 aliphatic heterocycles. The summed E-state index contributed by atoms with van der Waals surface area (Å²) in [5.74, 6) is 1.08. The van der Waals surface area contributed by atoms with Gasteiger partial charge in [0, 0.05) is 31.0 Å². The molecule has 1 saturated heterocycles. The van der Waals surface area contributed by atoms with Gasteiger partial charge in [-0.15, -0.1) is 0 Å². The summed E-state index contributed by atoms with van der Waals surface area (Å²) in [6, 6.07) is 7.29. The lowest BCUT2D eigenvalue weighted by molar-refractivity contribution is 0.0782. The van der Waals surface area contributed by atoms with Crippen LogP contribution >= 0.6 is 0 Å². The molecule has 0 aliphatic carbocycles. The van der Waals surface area contributed by atoms with Crippen LogP contribution < -0.4 is 0 Å². The number of carbonyl (C=O) groups excluding carboxylic acids is 1. The number of rotatable bonds is 3. The summed E-state index contributed by atoms with van der Waals surface area (Å²) < 4.78 is 5.40. The van der Waals surface area contributed by atoms with E-state index in [1.807, 2.05) is 39.0 Å². The lowest BCUT2D eigenvalue weighted by Crippen LogP contribution is -2.29. The smallest absolute Gasteiger partial charge is 0.258 e. The van der Waals surface area contributed by atoms with Gasteiger partial charge < -0.3 is 14.5 Å². The van der Waals surface area contributed by atoms with Gasteiger partial charge in [0.25, 0.3) is 11.8 Å². The van der Waals surface area contributed by atoms with Crippen LogP contribution in [0.1, 0.15) is 43.4 Å². The molecule has 2 aromatic rings. The second-order valence-electron chi connectivity index (χ2n) is 7.31. The van der Waals surface area contributed by atoms with Gasteiger partial charge in [0.15, 0.2) is 5.82 Å². The first-order chi connectivity index (χ1) is 11.4. The summed E-state index contributed by atoms with van der Waals surface area (Å²) in [4.78, 5) is 19.1. The molecule has 128 valence electrons. The normalized spacial score (nSPS) is 18.2. The van der Waals surface area contributed by atoms with Crippen molar-refractivity contribution in [2.45, 2.75) is 32.6 Å². The van der Waals surface area contributed by atoms with Crippen LogP contribution in [0.2, 0.25) is 0 Å². The van der Waals surface area contributed by atoms with E-state index in [2.05, 4.69) is 10.1 Å². The quantitative estimate of drug-likeness (QED) is 0.936. The highest BCUT2D eigenvalue weighted by atomic mass is 16.5. The molecule has 1 aromatic heterocycles. The molecule has 0 spiro atoms. The summed E-state index contributed by atoms with van der Waals surface area (Å²) >= 11 is 0. The van der Waals surface area contributed by atoms with Gasteiger partial charge in [-0.25, -0.2) is 0 Å². The third-order valence-corrected chi connectivity index (χ3v) is 4.32. The maximum Gasteiger partial charge on any atom is 0.258 e. The molecular formula is C18H23N3O3. The third-order valence-electron chi connectivity index (χ3n) is 4.32. The molecular weight excluding hydrogens is 306 g/mol. The minimum absolute atomic E-state index is 0.0583. The van der Waals surface area contributed by atoms with Crippen molar-refractivity contribution in [2.24, 2.45) is 5.92 Å². The highest BCUT2D eigenvalue weighted by molar-refractivity contribution is 6.00. The second-order valence-corrected chi connectivity index (χ2v) is 7.31. The number of nitrogens with zero attached hydrogens (tertiary/aromatic N) is 3. The number of likely N-dealkylation sites (tertiary alicyclic amines) is 1. The van der Waals surface area contributed by atoms with E-state index in [9.17, 15) is 9.90 Å². The predicted octanol–water partition coefficient (Wildman–Crippen LogP) is 2.49. The number of aliphatic hydroxyl groups is 1. The van der Waals surface area contributed by atoms with Crippen LogP contribution in [-0.2, 0) is 5.41 Å². The number of aliphatic hydroxyl groups excluding tert-OH is 1. The molecule has 1 unspecified atom stereocenters. The fourth-order valence-electron chi connectivity index (χ4n) is 2.83. The zero-order valence-electron chi connectivity index (χ0n) is 14.3. The minimum atomic E-state index is -0.218. The Bertz CT molecular complexity index is 733. The van der Waals surface area contributed by atoms with E-state index < -0.39 is 0 Å². The van der Waals surface area contributed by atoms with Crippen molar-refractivity contribution in [1.82, 2.24) is 15.0 Å². The summed E-state index contributed by atoms with van der Waals surface area (Å²) in [7, 11) is 0. The Labute approximate surface area is 141 Å². The highest BCUT2D eigenvalue weighted by Gasteiger charge is 2.29. The predicted molar refractivity (Wildman–Crippen MR) is 89.5 cm³/mol. The summed E-state index contributed by atoms with van der Waals surface area (Å²) in [5, 5.41) is 13.3. The zero-order valence-corrected chi connectivity index (χ0v) is 14.3. The lowest BCUT2D eigenvalue weighted by Gasteiger charge is -2.17. The van der Waals surface area contributed by atoms with Gasteiger partial charge in [0.2, 0.25) is 0 Å². The van der Waals surface area contributed by atoms with Crippen LogP contribution in [0.15, 0.2) is 28.8 Å². The molecule has 0 radical (unpaired) electrons. The van der Waals surface area contributed by atoms with E-state index in [1.165, 1.54) is 0 Å². The molecule has 6 nitrogen and oxygen atoms in total. The van der Waals surface area contributed by atoms with Crippen LogP contribution in [0.5, 0.6) is 0 Å². The molecule has 24 heavy (non-hydrogen) atoms. The van der Waals surface area contributed by atoms with Crippen molar-refractivity contribution in [1.29, 1.82) is 0 Å². The minimum Gasteiger partial charge on any atom is -0.396 e. The molecule has 1 amide bonds. The number of hydrogen-bond acceptors (Lipinski definition) is 5. The molecule has 1 aromatic carbocycles. The monoisotopic (exact) mass is 329 g/mol. The molecule has 2 heterocycles. The highest BCUT2D eigenvalue weighted by Crippen LogP contribution is 2.28. The van der Waals surface area contributed by atoms with E-state index in [0.29, 0.717) is 35.9 Å². The lowest BCUT2D eigenvalue weighted by atomic mass is 9.96. The topological polar surface area (TPSA) is 79.5 Å². The molecule has 1 fully saturated rings. The van der Waals surface area contributed by atoms with Gasteiger partial charge in [-0.1, -0.05) is 38.1 Å². The number of benzene rings is 1. The van der Waals surface area contributed by atoms with Crippen molar-refractivity contribution >= 4 is 5.91 Å². The Balaban J connectivity index is 1.91. The fraction of sp³-hybridized carbons (Fsp3) is 0.500. The first kappa shape index (κ1) is 16.6. The molecule has 0 saturated carbocycles. The average molecular weight is 329 g/mol. The number of amides is 1. The zero-order chi connectivity index (χ0) is 17.3. The Morgan fingerprint density at radius 2 is 2.12 bits per heavy atom. The third kappa shape index (κ3) is 3.19. The first-order valence-corrected chi connectivity index (χ1v) is 8.24. The van der Waals surface area contributed by atoms with Crippen molar-refractivity contribution in [3.05, 3.63) is 35.7 Å². The van der Waals surface area contributed by atoms with Crippen LogP contribution in [-0.4, -0.2) is 45.8 Å². The van der Waals surface area contributed by atoms with Gasteiger partial charge >= 0.3 is 0 Å². The summed E-state index contributed by atoms with van der Waals surface area (Å²) in [6.45, 7) is 7.40. The van der Waals surface area contributed by atoms with E-state index in [1.54, 1.807) is 11.0 Å². The summed E-state index contributed by atoms with van der Waals surface area (Å²) in [6.07, 6.45) is 0.832. The Hall–Kier alpha value is -2.21. The maximum atomic E-state index is 12.9. The van der Waals surface area contributed by atoms with E-state index >= 15 is 0 Å². The van der Waals surface area contributed by atoms with Gasteiger partial charge in [-0.3, -0.25) is 4.79 Å². The largest absolute Gasteiger partial charge is 0.396 e. The Morgan fingerprint density at radius 1 is 1.38 bits per heavy atom. The maximum absolute atomic E-state index is 12.9. The fourth-order valence-corrected chi connectivity index (χ4v) is 2.83. The van der Waals surface area contributed by atoms with Crippen LogP contribution in [0.25, 0.3) is 11.5 Å². The standard InChI is InChI=1S/C18H23N3O3/c1-18(2,3)17-19-15(24-20-17)13-6-4-5-7-14(13)16(23)21-9-8-12(10-21)11-22/h4-7,12,22H,8-11H2,1-3H3. The molecule has 1 atom stereocenters. The van der Waals surface area contributed by atoms with Gasteiger partial charge in [-0.05, 0) is 18.6 Å². The SMILES string of the molecule is CC(C)(C)c1noc(-c2ccccc2C(=O)N2CCC(CO)C2)n1. The van der Waals surface area contributed by atoms with Crippen molar-refractivity contribution < 1.29 is 14.4 Å². The van der Waals surface area contributed by atoms with Crippen LogP contribution in [0, 0.1) is 5.92 Å². The van der Waals surface area contributed by atoms with Gasteiger partial charge in [-0.2, -0.15) is 4.98 Å². The van der Waals surface area contributed by atoms with Gasteiger partial charge in [0.1, 0.15) is 0 Å². The first-order valence-electron chi connectivity index (χ1n) is 8.24. The van der Waals surface area contributed by atoms with Crippen molar-refractivity contribution in [3.63, 3.8) is 0 Å². The van der Waals surface area contributed by atoms with E-state index in [0.717, 1.165) is 6.42 Å². The van der Waals surface area contributed by atoms with E-state index in [-0.39, 0.29) is 23.8 Å². The Morgan fingerprint density at radius 3 is 2.75 bits per heavy atom. The molecule has 3 rings (SSSR count). The van der Waals surface area contributed by atoms with Gasteiger partial charge in [0.05, 0.1) is 11.1 Å². The molecule has 6 heteroatoms. The average Bonchev–Trinajstić information content (AvgIpc) is 3.23. The molecule has 0 bridgehead atoms. The molecule has 1 aliphatic rings. The second kappa shape index (κ2) is 6.36. The number of aromatic nitrogens is 2. The van der Waals surface area contributed by atoms with Crippen molar-refractivity contribution in [3.8, 4) is 11.5 Å². The number of hydrogen-bond donors (Lipinski definition) is 1. The summed E-state index contributed by atoms with van der Waals surface area (Å²) in [5.41, 5.74) is 0.988. The number of carbonyl (C=O) groups is 1.